The monoisotopic (exact) mass is 354 g/mol. The average Bonchev–Trinajstić information content (AvgIpc) is 3.18. The lowest BCUT2D eigenvalue weighted by Crippen LogP contribution is -2.24. The highest BCUT2D eigenvalue weighted by Crippen LogP contribution is 2.28. The molecule has 1 aliphatic rings. The molecule has 3 heterocycles. The summed E-state index contributed by atoms with van der Waals surface area (Å²) in [7, 11) is 0. The molecular weight excluding hydrogens is 344 g/mol. The fourth-order valence-corrected chi connectivity index (χ4v) is 3.07. The van der Waals surface area contributed by atoms with Crippen LogP contribution in [-0.4, -0.2) is 20.9 Å². The van der Waals surface area contributed by atoms with Gasteiger partial charge in [0.2, 0.25) is 0 Å². The summed E-state index contributed by atoms with van der Waals surface area (Å²) in [5, 5.41) is 2.42. The average molecular weight is 355 g/mol. The van der Waals surface area contributed by atoms with Crippen molar-refractivity contribution in [2.45, 2.75) is 0 Å². The van der Waals surface area contributed by atoms with E-state index < -0.39 is 17.4 Å². The van der Waals surface area contributed by atoms with Crippen molar-refractivity contribution in [3.8, 4) is 11.4 Å². The molecule has 1 aliphatic heterocycles. The Kier molecular flexibility index (Phi) is 3.26. The number of amides is 2. The summed E-state index contributed by atoms with van der Waals surface area (Å²) in [6, 6.07) is 9.92. The van der Waals surface area contributed by atoms with Gasteiger partial charge in [0.15, 0.2) is 0 Å². The van der Waals surface area contributed by atoms with Gasteiger partial charge in [0, 0.05) is 24.1 Å². The summed E-state index contributed by atoms with van der Waals surface area (Å²) >= 11 is 6.26. The number of nitrogens with two attached hydrogens (primary N) is 1. The van der Waals surface area contributed by atoms with E-state index in [1.54, 1.807) is 18.2 Å². The lowest BCUT2D eigenvalue weighted by Gasteiger charge is -2.15. The standard InChI is InChI=1S/C17H11ClN4O3/c18-11-4-3-9(21-5-1-2-6-21)7-12(11)22-13(23)8-10-14(15(22)19)17(25)20-16(10)24/h1-8H,19H2,(H,20,24,25). The number of halogens is 1. The minimum atomic E-state index is -0.636. The van der Waals surface area contributed by atoms with Gasteiger partial charge in [-0.05, 0) is 30.3 Å². The number of anilines is 1. The number of nitrogens with one attached hydrogen (secondary N) is 1. The Hall–Kier alpha value is -3.32. The summed E-state index contributed by atoms with van der Waals surface area (Å²) in [6.07, 6.45) is 3.68. The smallest absolute Gasteiger partial charge is 0.262 e. The van der Waals surface area contributed by atoms with Crippen LogP contribution in [0.3, 0.4) is 0 Å². The Morgan fingerprint density at radius 3 is 2.44 bits per heavy atom. The van der Waals surface area contributed by atoms with E-state index in [9.17, 15) is 14.4 Å². The third kappa shape index (κ3) is 2.25. The molecule has 0 bridgehead atoms. The molecule has 0 aliphatic carbocycles. The highest BCUT2D eigenvalue weighted by Gasteiger charge is 2.32. The molecule has 0 saturated heterocycles. The number of carbonyl (C=O) groups is 2. The zero-order valence-corrected chi connectivity index (χ0v) is 13.4. The number of pyridine rings is 1. The SMILES string of the molecule is Nc1c2c(cc(=O)n1-c1cc(-n3cccc3)ccc1Cl)C(=O)NC2=O. The topological polar surface area (TPSA) is 99.1 Å². The predicted octanol–water partition coefficient (Wildman–Crippen LogP) is 1.75. The van der Waals surface area contributed by atoms with Crippen molar-refractivity contribution in [2.75, 3.05) is 5.73 Å². The van der Waals surface area contributed by atoms with E-state index in [1.165, 1.54) is 0 Å². The quantitative estimate of drug-likeness (QED) is 0.685. The summed E-state index contributed by atoms with van der Waals surface area (Å²) in [4.78, 5) is 36.2. The van der Waals surface area contributed by atoms with E-state index >= 15 is 0 Å². The largest absolute Gasteiger partial charge is 0.384 e. The Labute approximate surface area is 146 Å². The van der Waals surface area contributed by atoms with Gasteiger partial charge in [0.05, 0.1) is 21.8 Å². The number of imide groups is 1. The predicted molar refractivity (Wildman–Crippen MR) is 92.6 cm³/mol. The number of nitrogens with zero attached hydrogens (tertiary/aromatic N) is 2. The molecule has 7 nitrogen and oxygen atoms in total. The normalized spacial score (nSPS) is 13.0. The van der Waals surface area contributed by atoms with Crippen LogP contribution in [0.5, 0.6) is 0 Å². The zero-order chi connectivity index (χ0) is 17.7. The second kappa shape index (κ2) is 5.35. The molecule has 124 valence electrons. The number of aromatic nitrogens is 2. The van der Waals surface area contributed by atoms with E-state index in [1.807, 2.05) is 29.1 Å². The third-order valence-electron chi connectivity index (χ3n) is 4.03. The second-order valence-corrected chi connectivity index (χ2v) is 5.91. The van der Waals surface area contributed by atoms with E-state index in [2.05, 4.69) is 5.32 Å². The number of carbonyl (C=O) groups excluding carboxylic acids is 2. The van der Waals surface area contributed by atoms with Crippen molar-refractivity contribution >= 4 is 29.2 Å². The van der Waals surface area contributed by atoms with Gasteiger partial charge in [-0.1, -0.05) is 11.6 Å². The molecule has 25 heavy (non-hydrogen) atoms. The summed E-state index contributed by atoms with van der Waals surface area (Å²) in [5.74, 6) is -1.40. The second-order valence-electron chi connectivity index (χ2n) is 5.50. The van der Waals surface area contributed by atoms with Crippen molar-refractivity contribution in [1.29, 1.82) is 0 Å². The van der Waals surface area contributed by atoms with Gasteiger partial charge < -0.3 is 10.3 Å². The van der Waals surface area contributed by atoms with Crippen LogP contribution in [0.25, 0.3) is 11.4 Å². The molecular formula is C17H11ClN4O3. The van der Waals surface area contributed by atoms with E-state index in [4.69, 9.17) is 17.3 Å². The summed E-state index contributed by atoms with van der Waals surface area (Å²) in [5.41, 5.74) is 6.53. The van der Waals surface area contributed by atoms with Crippen LogP contribution in [0, 0.1) is 0 Å². The summed E-state index contributed by atoms with van der Waals surface area (Å²) in [6.45, 7) is 0. The first-order chi connectivity index (χ1) is 12.0. The van der Waals surface area contributed by atoms with Crippen molar-refractivity contribution in [3.63, 3.8) is 0 Å². The number of fused-ring (bicyclic) bond motifs is 1. The van der Waals surface area contributed by atoms with Crippen molar-refractivity contribution in [3.05, 3.63) is 75.3 Å². The van der Waals surface area contributed by atoms with Crippen LogP contribution in [0.15, 0.2) is 53.6 Å². The lowest BCUT2D eigenvalue weighted by molar-refractivity contribution is 0.0880. The molecule has 0 atom stereocenters. The molecule has 8 heteroatoms. The molecule has 1 aromatic carbocycles. The first kappa shape index (κ1) is 15.2. The van der Waals surface area contributed by atoms with E-state index in [0.717, 1.165) is 16.3 Å². The molecule has 0 saturated carbocycles. The first-order valence-corrected chi connectivity index (χ1v) is 7.69. The van der Waals surface area contributed by atoms with Crippen LogP contribution < -0.4 is 16.6 Å². The maximum Gasteiger partial charge on any atom is 0.262 e. The molecule has 0 spiro atoms. The maximum absolute atomic E-state index is 12.5. The number of benzene rings is 1. The van der Waals surface area contributed by atoms with Crippen molar-refractivity contribution in [1.82, 2.24) is 14.5 Å². The molecule has 0 radical (unpaired) electrons. The van der Waals surface area contributed by atoms with Crippen LogP contribution in [0.4, 0.5) is 5.82 Å². The Balaban J connectivity index is 1.99. The van der Waals surface area contributed by atoms with Crippen LogP contribution >= 0.6 is 11.6 Å². The van der Waals surface area contributed by atoms with Crippen LogP contribution in [-0.2, 0) is 0 Å². The summed E-state index contributed by atoms with van der Waals surface area (Å²) < 4.78 is 2.97. The lowest BCUT2D eigenvalue weighted by atomic mass is 10.1. The number of hydrogen-bond acceptors (Lipinski definition) is 4. The molecule has 4 rings (SSSR count). The van der Waals surface area contributed by atoms with Crippen molar-refractivity contribution < 1.29 is 9.59 Å². The van der Waals surface area contributed by atoms with Gasteiger partial charge in [-0.3, -0.25) is 24.3 Å². The molecule has 0 fully saturated rings. The fourth-order valence-electron chi connectivity index (χ4n) is 2.87. The number of nitrogen functional groups attached to an aromatic ring is 1. The van der Waals surface area contributed by atoms with Crippen LogP contribution in [0.2, 0.25) is 5.02 Å². The molecule has 3 aromatic rings. The van der Waals surface area contributed by atoms with Gasteiger partial charge in [0.1, 0.15) is 5.82 Å². The highest BCUT2D eigenvalue weighted by atomic mass is 35.5. The first-order valence-electron chi connectivity index (χ1n) is 7.32. The van der Waals surface area contributed by atoms with E-state index in [0.29, 0.717) is 5.69 Å². The fraction of sp³-hybridized carbons (Fsp3) is 0. The van der Waals surface area contributed by atoms with Gasteiger partial charge in [-0.15, -0.1) is 0 Å². The van der Waals surface area contributed by atoms with Crippen molar-refractivity contribution in [2.24, 2.45) is 0 Å². The minimum absolute atomic E-state index is 0.0213. The minimum Gasteiger partial charge on any atom is -0.384 e. The molecule has 0 unspecified atom stereocenters. The van der Waals surface area contributed by atoms with Gasteiger partial charge in [0.25, 0.3) is 17.4 Å². The third-order valence-corrected chi connectivity index (χ3v) is 4.35. The zero-order valence-electron chi connectivity index (χ0n) is 12.7. The molecule has 3 N–H and O–H groups in total. The Morgan fingerprint density at radius 2 is 1.72 bits per heavy atom. The highest BCUT2D eigenvalue weighted by molar-refractivity contribution is 6.32. The van der Waals surface area contributed by atoms with Gasteiger partial charge in [-0.25, -0.2) is 0 Å². The molecule has 2 amide bonds. The van der Waals surface area contributed by atoms with E-state index in [-0.39, 0.29) is 22.0 Å². The Morgan fingerprint density at radius 1 is 1.00 bits per heavy atom. The van der Waals surface area contributed by atoms with Gasteiger partial charge in [-0.2, -0.15) is 0 Å². The van der Waals surface area contributed by atoms with Gasteiger partial charge >= 0.3 is 0 Å². The number of rotatable bonds is 2. The molecule has 2 aromatic heterocycles. The van der Waals surface area contributed by atoms with Crippen LogP contribution in [0.1, 0.15) is 20.7 Å². The maximum atomic E-state index is 12.5. The number of hydrogen-bond donors (Lipinski definition) is 2. The Bertz CT molecular complexity index is 1100.